The van der Waals surface area contributed by atoms with Gasteiger partial charge in [0.1, 0.15) is 0 Å². The molecular formula is C19H27N3O4. The van der Waals surface area contributed by atoms with Crippen LogP contribution in [0.2, 0.25) is 0 Å². The number of nitrogens with zero attached hydrogens (tertiary/aromatic N) is 1. The van der Waals surface area contributed by atoms with Crippen LogP contribution in [0.3, 0.4) is 0 Å². The van der Waals surface area contributed by atoms with Crippen LogP contribution in [0.5, 0.6) is 0 Å². The van der Waals surface area contributed by atoms with Crippen LogP contribution in [0.1, 0.15) is 38.7 Å². The van der Waals surface area contributed by atoms with Gasteiger partial charge < -0.3 is 20.6 Å². The van der Waals surface area contributed by atoms with Crippen molar-refractivity contribution in [1.82, 2.24) is 15.5 Å². The minimum atomic E-state index is -0.890. The molecule has 1 heterocycles. The number of carboxylic acids is 1. The number of rotatable bonds is 8. The first-order chi connectivity index (χ1) is 12.3. The number of aliphatic carboxylic acids is 1. The number of likely N-dealkylation sites (tertiary alicyclic amines) is 1. The van der Waals surface area contributed by atoms with Gasteiger partial charge in [-0.25, -0.2) is 4.79 Å². The van der Waals surface area contributed by atoms with E-state index in [1.54, 1.807) is 4.90 Å². The second kappa shape index (κ2) is 9.22. The van der Waals surface area contributed by atoms with Crippen molar-refractivity contribution >= 4 is 17.9 Å². The van der Waals surface area contributed by atoms with Gasteiger partial charge in [-0.2, -0.15) is 0 Å². The number of benzene rings is 1. The fourth-order valence-corrected chi connectivity index (χ4v) is 3.16. The van der Waals surface area contributed by atoms with Gasteiger partial charge in [-0.15, -0.1) is 0 Å². The Morgan fingerprint density at radius 2 is 1.96 bits per heavy atom. The standard InChI is InChI=1S/C19H27N3O4/c1-13(2)22-12-16(11-17(22)23)21-19(26)20-15(8-9-18(24)25)10-14-6-4-3-5-7-14/h3-7,13,15-16H,8-12H2,1-2H3,(H,24,25)(H2,20,21,26). The highest BCUT2D eigenvalue weighted by Gasteiger charge is 2.32. The van der Waals surface area contributed by atoms with Gasteiger partial charge in [-0.05, 0) is 32.3 Å². The number of nitrogens with one attached hydrogen (secondary N) is 2. The summed E-state index contributed by atoms with van der Waals surface area (Å²) >= 11 is 0. The number of carbonyl (C=O) groups excluding carboxylic acids is 2. The largest absolute Gasteiger partial charge is 0.481 e. The normalized spacial score (nSPS) is 18.0. The molecule has 0 spiro atoms. The summed E-state index contributed by atoms with van der Waals surface area (Å²) in [5.41, 5.74) is 1.03. The van der Waals surface area contributed by atoms with Crippen molar-refractivity contribution in [2.75, 3.05) is 6.54 Å². The molecule has 0 saturated carbocycles. The predicted molar refractivity (Wildman–Crippen MR) is 97.7 cm³/mol. The highest BCUT2D eigenvalue weighted by Crippen LogP contribution is 2.14. The van der Waals surface area contributed by atoms with Gasteiger partial charge in [0, 0.05) is 31.5 Å². The molecule has 2 unspecified atom stereocenters. The van der Waals surface area contributed by atoms with Gasteiger partial charge in [0.15, 0.2) is 0 Å². The van der Waals surface area contributed by atoms with Crippen molar-refractivity contribution in [3.05, 3.63) is 35.9 Å². The van der Waals surface area contributed by atoms with Crippen LogP contribution in [0.15, 0.2) is 30.3 Å². The number of urea groups is 1. The third kappa shape index (κ3) is 6.06. The van der Waals surface area contributed by atoms with Gasteiger partial charge in [-0.3, -0.25) is 9.59 Å². The maximum absolute atomic E-state index is 12.3. The van der Waals surface area contributed by atoms with E-state index in [4.69, 9.17) is 5.11 Å². The van der Waals surface area contributed by atoms with E-state index in [-0.39, 0.29) is 36.5 Å². The van der Waals surface area contributed by atoms with Crippen LogP contribution in [-0.2, 0) is 16.0 Å². The predicted octanol–water partition coefficient (Wildman–Crippen LogP) is 1.77. The third-order valence-electron chi connectivity index (χ3n) is 4.48. The highest BCUT2D eigenvalue weighted by molar-refractivity contribution is 5.82. The molecule has 1 saturated heterocycles. The molecule has 3 N–H and O–H groups in total. The van der Waals surface area contributed by atoms with E-state index in [0.717, 1.165) is 5.56 Å². The van der Waals surface area contributed by atoms with Crippen molar-refractivity contribution in [1.29, 1.82) is 0 Å². The summed E-state index contributed by atoms with van der Waals surface area (Å²) in [5, 5.41) is 14.6. The maximum Gasteiger partial charge on any atom is 0.315 e. The van der Waals surface area contributed by atoms with Gasteiger partial charge in [0.2, 0.25) is 5.91 Å². The molecule has 0 radical (unpaired) electrons. The summed E-state index contributed by atoms with van der Waals surface area (Å²) in [4.78, 5) is 36.9. The van der Waals surface area contributed by atoms with Gasteiger partial charge in [-0.1, -0.05) is 30.3 Å². The second-order valence-corrected chi connectivity index (χ2v) is 6.98. The van der Waals surface area contributed by atoms with Crippen molar-refractivity contribution < 1.29 is 19.5 Å². The Balaban J connectivity index is 1.90. The van der Waals surface area contributed by atoms with E-state index in [9.17, 15) is 14.4 Å². The molecular weight excluding hydrogens is 334 g/mol. The summed E-state index contributed by atoms with van der Waals surface area (Å²) in [7, 11) is 0. The van der Waals surface area contributed by atoms with Crippen molar-refractivity contribution in [2.45, 2.75) is 57.7 Å². The van der Waals surface area contributed by atoms with E-state index < -0.39 is 5.97 Å². The van der Waals surface area contributed by atoms with Crippen LogP contribution in [0.4, 0.5) is 4.79 Å². The number of amides is 3. The molecule has 1 aliphatic heterocycles. The highest BCUT2D eigenvalue weighted by atomic mass is 16.4. The first-order valence-corrected chi connectivity index (χ1v) is 8.97. The summed E-state index contributed by atoms with van der Waals surface area (Å²) < 4.78 is 0. The minimum Gasteiger partial charge on any atom is -0.481 e. The Hall–Kier alpha value is -2.57. The fourth-order valence-electron chi connectivity index (χ4n) is 3.16. The molecule has 3 amide bonds. The molecule has 1 aliphatic rings. The monoisotopic (exact) mass is 361 g/mol. The molecule has 7 heteroatoms. The fraction of sp³-hybridized carbons (Fsp3) is 0.526. The van der Waals surface area contributed by atoms with Crippen LogP contribution in [0, 0.1) is 0 Å². The zero-order chi connectivity index (χ0) is 19.1. The third-order valence-corrected chi connectivity index (χ3v) is 4.48. The van der Waals surface area contributed by atoms with E-state index in [0.29, 0.717) is 25.8 Å². The number of carbonyl (C=O) groups is 3. The van der Waals surface area contributed by atoms with Crippen molar-refractivity contribution in [3.8, 4) is 0 Å². The summed E-state index contributed by atoms with van der Waals surface area (Å²) in [6.45, 7) is 4.40. The number of carboxylic acid groups (broad SMARTS) is 1. The Morgan fingerprint density at radius 1 is 1.27 bits per heavy atom. The van der Waals surface area contributed by atoms with Crippen molar-refractivity contribution in [3.63, 3.8) is 0 Å². The quantitative estimate of drug-likeness (QED) is 0.657. The maximum atomic E-state index is 12.3. The zero-order valence-corrected chi connectivity index (χ0v) is 15.3. The van der Waals surface area contributed by atoms with Crippen LogP contribution < -0.4 is 10.6 Å². The van der Waals surface area contributed by atoms with Gasteiger partial charge in [0.25, 0.3) is 0 Å². The molecule has 1 aromatic rings. The van der Waals surface area contributed by atoms with E-state index >= 15 is 0 Å². The second-order valence-electron chi connectivity index (χ2n) is 6.98. The Kier molecular flexibility index (Phi) is 7.00. The van der Waals surface area contributed by atoms with E-state index in [2.05, 4.69) is 10.6 Å². The molecule has 0 aromatic heterocycles. The Bertz CT molecular complexity index is 633. The lowest BCUT2D eigenvalue weighted by atomic mass is 10.0. The average Bonchev–Trinajstić information content (AvgIpc) is 2.94. The number of hydrogen-bond donors (Lipinski definition) is 3. The smallest absolute Gasteiger partial charge is 0.315 e. The summed E-state index contributed by atoms with van der Waals surface area (Å²) in [6.07, 6.45) is 1.19. The van der Waals surface area contributed by atoms with Crippen LogP contribution in [-0.4, -0.2) is 52.6 Å². The average molecular weight is 361 g/mol. The molecule has 26 heavy (non-hydrogen) atoms. The molecule has 2 rings (SSSR count). The molecule has 0 aliphatic carbocycles. The zero-order valence-electron chi connectivity index (χ0n) is 15.3. The molecule has 1 aromatic carbocycles. The Morgan fingerprint density at radius 3 is 2.54 bits per heavy atom. The first-order valence-electron chi connectivity index (χ1n) is 8.97. The summed E-state index contributed by atoms with van der Waals surface area (Å²) in [6, 6.07) is 8.87. The Labute approximate surface area is 153 Å². The van der Waals surface area contributed by atoms with Crippen molar-refractivity contribution in [2.24, 2.45) is 0 Å². The minimum absolute atomic E-state index is 0.0131. The summed E-state index contributed by atoms with van der Waals surface area (Å²) in [5.74, 6) is -0.851. The lowest BCUT2D eigenvalue weighted by Crippen LogP contribution is -2.48. The lowest BCUT2D eigenvalue weighted by Gasteiger charge is -2.22. The van der Waals surface area contributed by atoms with Crippen LogP contribution >= 0.6 is 0 Å². The first kappa shape index (κ1) is 19.8. The SMILES string of the molecule is CC(C)N1CC(NC(=O)NC(CCC(=O)O)Cc2ccccc2)CC1=O. The van der Waals surface area contributed by atoms with E-state index in [1.807, 2.05) is 44.2 Å². The number of hydrogen-bond acceptors (Lipinski definition) is 3. The molecule has 0 bridgehead atoms. The topological polar surface area (TPSA) is 98.7 Å². The lowest BCUT2D eigenvalue weighted by molar-refractivity contribution is -0.137. The molecule has 1 fully saturated rings. The van der Waals surface area contributed by atoms with Crippen LogP contribution in [0.25, 0.3) is 0 Å². The molecule has 142 valence electrons. The van der Waals surface area contributed by atoms with Gasteiger partial charge in [0.05, 0.1) is 6.04 Å². The van der Waals surface area contributed by atoms with E-state index in [1.165, 1.54) is 0 Å². The van der Waals surface area contributed by atoms with Gasteiger partial charge >= 0.3 is 12.0 Å². The molecule has 2 atom stereocenters. The molecule has 7 nitrogen and oxygen atoms in total.